The van der Waals surface area contributed by atoms with E-state index in [1.54, 1.807) is 13.8 Å². The Morgan fingerprint density at radius 3 is 2.05 bits per heavy atom. The molecule has 0 saturated heterocycles. The molecule has 0 fully saturated rings. The standard InChI is InChI=1S/C33H42O7/c1-5-7-17-38-31(36)26(19-23(3)30(35)39-18-16-34)21-33(4,6-2)32(37)40-22-29-27-14-10-8-12-24(27)20-25-13-9-11-15-28(25)29/h8-15,20,23,26,34H,5-7,16-19,21-22H2,1-4H3. The summed E-state index contributed by atoms with van der Waals surface area (Å²) in [5.41, 5.74) is -0.0277. The van der Waals surface area contributed by atoms with Crippen LogP contribution in [0.4, 0.5) is 0 Å². The van der Waals surface area contributed by atoms with Gasteiger partial charge in [0.1, 0.15) is 13.2 Å². The van der Waals surface area contributed by atoms with Crippen molar-refractivity contribution in [1.82, 2.24) is 0 Å². The Balaban J connectivity index is 1.81. The molecule has 3 atom stereocenters. The van der Waals surface area contributed by atoms with Gasteiger partial charge in [-0.15, -0.1) is 0 Å². The Morgan fingerprint density at radius 1 is 0.875 bits per heavy atom. The highest BCUT2D eigenvalue weighted by atomic mass is 16.5. The summed E-state index contributed by atoms with van der Waals surface area (Å²) in [6.07, 6.45) is 2.42. The number of hydrogen-bond acceptors (Lipinski definition) is 7. The molecule has 7 heteroatoms. The number of carbonyl (C=O) groups excluding carboxylic acids is 3. The van der Waals surface area contributed by atoms with Gasteiger partial charge in [0.15, 0.2) is 0 Å². The van der Waals surface area contributed by atoms with Crippen LogP contribution in [0.15, 0.2) is 54.6 Å². The van der Waals surface area contributed by atoms with Gasteiger partial charge in [0, 0.05) is 5.56 Å². The first kappa shape index (κ1) is 31.1. The average Bonchev–Trinajstić information content (AvgIpc) is 2.97. The molecule has 3 aromatic carbocycles. The van der Waals surface area contributed by atoms with Crippen molar-refractivity contribution in [2.24, 2.45) is 17.3 Å². The van der Waals surface area contributed by atoms with Crippen molar-refractivity contribution < 1.29 is 33.7 Å². The zero-order valence-electron chi connectivity index (χ0n) is 24.1. The summed E-state index contributed by atoms with van der Waals surface area (Å²) >= 11 is 0. The number of hydrogen-bond donors (Lipinski definition) is 1. The van der Waals surface area contributed by atoms with Gasteiger partial charge in [-0.25, -0.2) is 0 Å². The minimum absolute atomic E-state index is 0.101. The third-order valence-corrected chi connectivity index (χ3v) is 7.65. The van der Waals surface area contributed by atoms with Gasteiger partial charge in [0.2, 0.25) is 0 Å². The highest BCUT2D eigenvalue weighted by molar-refractivity contribution is 6.02. The molecule has 0 aromatic heterocycles. The second-order valence-corrected chi connectivity index (χ2v) is 10.7. The van der Waals surface area contributed by atoms with E-state index >= 15 is 0 Å². The number of carbonyl (C=O) groups is 3. The van der Waals surface area contributed by atoms with Crippen molar-refractivity contribution in [3.05, 3.63) is 60.2 Å². The van der Waals surface area contributed by atoms with E-state index < -0.39 is 35.2 Å². The van der Waals surface area contributed by atoms with E-state index in [4.69, 9.17) is 19.3 Å². The number of ether oxygens (including phenoxy) is 3. The quantitative estimate of drug-likeness (QED) is 0.102. The summed E-state index contributed by atoms with van der Waals surface area (Å²) in [6.45, 7) is 7.41. The third kappa shape index (κ3) is 7.81. The highest BCUT2D eigenvalue weighted by Crippen LogP contribution is 2.36. The normalized spacial score (nSPS) is 14.3. The van der Waals surface area contributed by atoms with Crippen LogP contribution in [-0.4, -0.2) is 42.8 Å². The van der Waals surface area contributed by atoms with Crippen LogP contribution in [0, 0.1) is 17.3 Å². The van der Waals surface area contributed by atoms with Crippen LogP contribution >= 0.6 is 0 Å². The molecule has 0 radical (unpaired) electrons. The fraction of sp³-hybridized carbons (Fsp3) is 0.485. The number of benzene rings is 3. The van der Waals surface area contributed by atoms with E-state index in [0.29, 0.717) is 6.42 Å². The number of rotatable bonds is 15. The van der Waals surface area contributed by atoms with E-state index in [2.05, 4.69) is 6.07 Å². The number of aliphatic hydroxyl groups is 1. The lowest BCUT2D eigenvalue weighted by Gasteiger charge is -2.30. The molecule has 0 heterocycles. The molecular formula is C33H42O7. The molecule has 0 aliphatic heterocycles. The maximum atomic E-state index is 13.6. The molecule has 0 aliphatic rings. The predicted octanol–water partition coefficient (Wildman–Crippen LogP) is 6.36. The molecule has 3 aromatic rings. The molecule has 0 amide bonds. The van der Waals surface area contributed by atoms with Gasteiger partial charge in [0.05, 0.1) is 30.5 Å². The SMILES string of the molecule is CCCCOC(=O)C(CC(C)C(=O)OCCO)CC(C)(CC)C(=O)OCc1c2ccccc2cc2ccccc12. The summed E-state index contributed by atoms with van der Waals surface area (Å²) in [6, 6.07) is 18.2. The molecule has 216 valence electrons. The van der Waals surface area contributed by atoms with Crippen LogP contribution in [0.2, 0.25) is 0 Å². The maximum absolute atomic E-state index is 13.6. The largest absolute Gasteiger partial charge is 0.465 e. The summed E-state index contributed by atoms with van der Waals surface area (Å²) in [5.74, 6) is -2.61. The fourth-order valence-corrected chi connectivity index (χ4v) is 5.00. The maximum Gasteiger partial charge on any atom is 0.312 e. The number of unbranched alkanes of at least 4 members (excludes halogenated alkanes) is 1. The van der Waals surface area contributed by atoms with Crippen molar-refractivity contribution in [3.8, 4) is 0 Å². The molecule has 1 N–H and O–H groups in total. The van der Waals surface area contributed by atoms with E-state index in [-0.39, 0.29) is 39.3 Å². The van der Waals surface area contributed by atoms with Crippen molar-refractivity contribution in [1.29, 1.82) is 0 Å². The zero-order valence-corrected chi connectivity index (χ0v) is 24.1. The molecule has 3 rings (SSSR count). The number of esters is 3. The summed E-state index contributed by atoms with van der Waals surface area (Å²) in [4.78, 5) is 39.1. The topological polar surface area (TPSA) is 99.1 Å². The highest BCUT2D eigenvalue weighted by Gasteiger charge is 2.40. The lowest BCUT2D eigenvalue weighted by molar-refractivity contribution is -0.161. The molecule has 40 heavy (non-hydrogen) atoms. The zero-order chi connectivity index (χ0) is 29.1. The Bertz CT molecular complexity index is 1250. The molecular weight excluding hydrogens is 508 g/mol. The van der Waals surface area contributed by atoms with Crippen LogP contribution in [0.3, 0.4) is 0 Å². The van der Waals surface area contributed by atoms with Crippen LogP contribution in [0.25, 0.3) is 21.5 Å². The minimum Gasteiger partial charge on any atom is -0.465 e. The number of aliphatic hydroxyl groups excluding tert-OH is 1. The van der Waals surface area contributed by atoms with Gasteiger partial charge in [0.25, 0.3) is 0 Å². The predicted molar refractivity (Wildman–Crippen MR) is 155 cm³/mol. The van der Waals surface area contributed by atoms with Crippen LogP contribution in [-0.2, 0) is 35.2 Å². The van der Waals surface area contributed by atoms with E-state index in [9.17, 15) is 14.4 Å². The van der Waals surface area contributed by atoms with Crippen LogP contribution in [0.1, 0.15) is 65.4 Å². The van der Waals surface area contributed by atoms with Crippen LogP contribution < -0.4 is 0 Å². The second kappa shape index (κ2) is 14.8. The first-order chi connectivity index (χ1) is 19.2. The van der Waals surface area contributed by atoms with Gasteiger partial charge < -0.3 is 19.3 Å². The Kier molecular flexibility index (Phi) is 11.5. The molecule has 0 bridgehead atoms. The first-order valence-corrected chi connectivity index (χ1v) is 14.2. The van der Waals surface area contributed by atoms with Crippen LogP contribution in [0.5, 0.6) is 0 Å². The summed E-state index contributed by atoms with van der Waals surface area (Å²) < 4.78 is 16.6. The first-order valence-electron chi connectivity index (χ1n) is 14.2. The van der Waals surface area contributed by atoms with Gasteiger partial charge in [-0.2, -0.15) is 0 Å². The van der Waals surface area contributed by atoms with Gasteiger partial charge >= 0.3 is 17.9 Å². The monoisotopic (exact) mass is 550 g/mol. The van der Waals surface area contributed by atoms with Crippen molar-refractivity contribution in [2.45, 2.75) is 66.4 Å². The second-order valence-electron chi connectivity index (χ2n) is 10.7. The van der Waals surface area contributed by atoms with Gasteiger partial charge in [-0.3, -0.25) is 14.4 Å². The minimum atomic E-state index is -0.969. The lowest BCUT2D eigenvalue weighted by atomic mass is 9.76. The molecule has 0 saturated carbocycles. The van der Waals surface area contributed by atoms with Crippen molar-refractivity contribution in [2.75, 3.05) is 19.8 Å². The third-order valence-electron chi connectivity index (χ3n) is 7.65. The lowest BCUT2D eigenvalue weighted by Crippen LogP contribution is -2.35. The van der Waals surface area contributed by atoms with Crippen molar-refractivity contribution >= 4 is 39.5 Å². The average molecular weight is 551 g/mol. The molecule has 3 unspecified atom stereocenters. The fourth-order valence-electron chi connectivity index (χ4n) is 5.00. The van der Waals surface area contributed by atoms with E-state index in [1.165, 1.54) is 0 Å². The Hall–Kier alpha value is -3.45. The summed E-state index contributed by atoms with van der Waals surface area (Å²) in [5, 5.41) is 13.2. The molecule has 0 spiro atoms. The summed E-state index contributed by atoms with van der Waals surface area (Å²) in [7, 11) is 0. The Morgan fingerprint density at radius 2 is 1.48 bits per heavy atom. The smallest absolute Gasteiger partial charge is 0.312 e. The van der Waals surface area contributed by atoms with Gasteiger partial charge in [-0.1, -0.05) is 75.7 Å². The molecule has 0 aliphatic carbocycles. The molecule has 7 nitrogen and oxygen atoms in total. The Labute approximate surface area is 236 Å². The van der Waals surface area contributed by atoms with E-state index in [0.717, 1.165) is 39.9 Å². The van der Waals surface area contributed by atoms with E-state index in [1.807, 2.05) is 62.4 Å². The van der Waals surface area contributed by atoms with Gasteiger partial charge in [-0.05, 0) is 60.2 Å². The number of fused-ring (bicyclic) bond motifs is 2. The van der Waals surface area contributed by atoms with Crippen molar-refractivity contribution in [3.63, 3.8) is 0 Å².